The fourth-order valence-electron chi connectivity index (χ4n) is 3.66. The van der Waals surface area contributed by atoms with E-state index in [0.717, 1.165) is 18.4 Å². The summed E-state index contributed by atoms with van der Waals surface area (Å²) in [5.41, 5.74) is 0.199. The van der Waals surface area contributed by atoms with Crippen molar-refractivity contribution < 1.29 is 23.8 Å². The molecule has 1 aromatic carbocycles. The first-order valence-electron chi connectivity index (χ1n) is 10.0. The van der Waals surface area contributed by atoms with Gasteiger partial charge in [-0.15, -0.1) is 11.6 Å². The van der Waals surface area contributed by atoms with Crippen LogP contribution in [-0.4, -0.2) is 48.5 Å². The van der Waals surface area contributed by atoms with Crippen molar-refractivity contribution in [3.63, 3.8) is 0 Å². The lowest BCUT2D eigenvalue weighted by Gasteiger charge is -2.42. The molecule has 1 amide bonds. The van der Waals surface area contributed by atoms with Gasteiger partial charge in [-0.05, 0) is 51.3 Å². The Morgan fingerprint density at radius 2 is 1.83 bits per heavy atom. The average molecular weight is 426 g/mol. The van der Waals surface area contributed by atoms with Crippen LogP contribution in [0, 0.1) is 0 Å². The Morgan fingerprint density at radius 3 is 2.41 bits per heavy atom. The minimum absolute atomic E-state index is 0.139. The molecule has 6 nitrogen and oxygen atoms in total. The van der Waals surface area contributed by atoms with Gasteiger partial charge in [-0.3, -0.25) is 9.69 Å². The number of carbonyl (C=O) groups is 2. The number of likely N-dealkylation sites (tertiary alicyclic amines) is 1. The lowest BCUT2D eigenvalue weighted by Crippen LogP contribution is -2.50. The zero-order valence-electron chi connectivity index (χ0n) is 18.0. The molecule has 2 rings (SSSR count). The van der Waals surface area contributed by atoms with Gasteiger partial charge in [0.15, 0.2) is 11.5 Å². The Balaban J connectivity index is 2.41. The topological polar surface area (TPSA) is 65.1 Å². The SMILES string of the molecule is COc1ccc([C@H]2CC(=O)C[C@@H](CCCCCl)N2C(=O)OC(C)(C)C)cc1OC. The van der Waals surface area contributed by atoms with Gasteiger partial charge in [0, 0.05) is 24.8 Å². The highest BCUT2D eigenvalue weighted by atomic mass is 35.5. The minimum atomic E-state index is -0.624. The van der Waals surface area contributed by atoms with Crippen LogP contribution in [0.5, 0.6) is 11.5 Å². The number of ether oxygens (including phenoxy) is 3. The number of ketones is 1. The highest BCUT2D eigenvalue weighted by molar-refractivity contribution is 6.17. The molecule has 0 spiro atoms. The van der Waals surface area contributed by atoms with Crippen molar-refractivity contribution >= 4 is 23.5 Å². The van der Waals surface area contributed by atoms with Crippen LogP contribution in [0.25, 0.3) is 0 Å². The van der Waals surface area contributed by atoms with Gasteiger partial charge in [0.25, 0.3) is 0 Å². The monoisotopic (exact) mass is 425 g/mol. The first-order chi connectivity index (χ1) is 13.7. The lowest BCUT2D eigenvalue weighted by atomic mass is 9.88. The zero-order valence-corrected chi connectivity index (χ0v) is 18.8. The van der Waals surface area contributed by atoms with Crippen LogP contribution in [0.1, 0.15) is 64.5 Å². The van der Waals surface area contributed by atoms with Crippen LogP contribution >= 0.6 is 11.6 Å². The van der Waals surface area contributed by atoms with Crippen LogP contribution in [0.2, 0.25) is 0 Å². The summed E-state index contributed by atoms with van der Waals surface area (Å²) in [7, 11) is 3.13. The van der Waals surface area contributed by atoms with Gasteiger partial charge < -0.3 is 14.2 Å². The number of methoxy groups -OCH3 is 2. The maximum absolute atomic E-state index is 13.1. The number of hydrogen-bond donors (Lipinski definition) is 0. The smallest absolute Gasteiger partial charge is 0.411 e. The maximum Gasteiger partial charge on any atom is 0.411 e. The van der Waals surface area contributed by atoms with Crippen LogP contribution in [-0.2, 0) is 9.53 Å². The number of alkyl halides is 1. The fraction of sp³-hybridized carbons (Fsp3) is 0.636. The van der Waals surface area contributed by atoms with Crippen LogP contribution in [0.4, 0.5) is 4.79 Å². The number of unbranched alkanes of at least 4 members (excludes halogenated alkanes) is 1. The van der Waals surface area contributed by atoms with E-state index in [4.69, 9.17) is 25.8 Å². The molecule has 1 heterocycles. The molecule has 1 aromatic rings. The average Bonchev–Trinajstić information content (AvgIpc) is 2.65. The van der Waals surface area contributed by atoms with Crippen molar-refractivity contribution in [3.8, 4) is 11.5 Å². The third-order valence-corrected chi connectivity index (χ3v) is 5.20. The van der Waals surface area contributed by atoms with Gasteiger partial charge in [-0.25, -0.2) is 4.79 Å². The zero-order chi connectivity index (χ0) is 21.6. The van der Waals surface area contributed by atoms with Crippen LogP contribution in [0.3, 0.4) is 0 Å². The van der Waals surface area contributed by atoms with Gasteiger partial charge >= 0.3 is 6.09 Å². The predicted octanol–water partition coefficient (Wildman–Crippen LogP) is 5.12. The van der Waals surface area contributed by atoms with Crippen molar-refractivity contribution in [1.82, 2.24) is 4.90 Å². The maximum atomic E-state index is 13.1. The van der Waals surface area contributed by atoms with Gasteiger partial charge in [0.2, 0.25) is 0 Å². The summed E-state index contributed by atoms with van der Waals surface area (Å²) in [4.78, 5) is 27.4. The van der Waals surface area contributed by atoms with Gasteiger partial charge in [-0.1, -0.05) is 12.5 Å². The fourth-order valence-corrected chi connectivity index (χ4v) is 3.85. The van der Waals surface area contributed by atoms with Crippen molar-refractivity contribution in [2.24, 2.45) is 0 Å². The van der Waals surface area contributed by atoms with E-state index in [0.29, 0.717) is 30.2 Å². The molecular formula is C22H32ClNO5. The van der Waals surface area contributed by atoms with E-state index in [1.807, 2.05) is 32.9 Å². The quantitative estimate of drug-likeness (QED) is 0.448. The Bertz CT molecular complexity index is 716. The first-order valence-corrected chi connectivity index (χ1v) is 10.5. The standard InChI is InChI=1S/C22H32ClNO5/c1-22(2,3)29-21(26)24-16(8-6-7-11-23)13-17(25)14-18(24)15-9-10-19(27-4)20(12-15)28-5/h9-10,12,16,18H,6-8,11,13-14H2,1-5H3/t16-,18-/m1/s1. The second-order valence-corrected chi connectivity index (χ2v) is 8.68. The van der Waals surface area contributed by atoms with Gasteiger partial charge in [0.1, 0.15) is 11.4 Å². The minimum Gasteiger partial charge on any atom is -0.493 e. The molecule has 0 aromatic heterocycles. The lowest BCUT2D eigenvalue weighted by molar-refractivity contribution is -0.125. The molecule has 1 fully saturated rings. The Morgan fingerprint density at radius 1 is 1.14 bits per heavy atom. The molecule has 1 aliphatic heterocycles. The van der Waals surface area contributed by atoms with Crippen molar-refractivity contribution in [2.75, 3.05) is 20.1 Å². The number of carbonyl (C=O) groups excluding carboxylic acids is 2. The molecule has 0 N–H and O–H groups in total. The highest BCUT2D eigenvalue weighted by Gasteiger charge is 2.40. The van der Waals surface area contributed by atoms with Crippen molar-refractivity contribution in [2.45, 2.75) is 70.6 Å². The normalized spacial score (nSPS) is 19.8. The third kappa shape index (κ3) is 6.26. The molecule has 7 heteroatoms. The molecule has 162 valence electrons. The molecular weight excluding hydrogens is 394 g/mol. The molecule has 0 radical (unpaired) electrons. The van der Waals surface area contributed by atoms with Crippen LogP contribution in [0.15, 0.2) is 18.2 Å². The molecule has 1 aliphatic rings. The summed E-state index contributed by atoms with van der Waals surface area (Å²) in [5, 5.41) is 0. The molecule has 0 bridgehead atoms. The number of halogens is 1. The number of benzene rings is 1. The molecule has 0 aliphatic carbocycles. The number of amides is 1. The molecule has 29 heavy (non-hydrogen) atoms. The molecule has 0 saturated carbocycles. The number of piperidine rings is 1. The Hall–Kier alpha value is -1.95. The third-order valence-electron chi connectivity index (χ3n) is 4.93. The summed E-state index contributed by atoms with van der Waals surface area (Å²) in [5.74, 6) is 1.86. The van der Waals surface area contributed by atoms with E-state index in [1.165, 1.54) is 0 Å². The Kier molecular flexibility index (Phi) is 8.20. The number of rotatable bonds is 7. The summed E-state index contributed by atoms with van der Waals surface area (Å²) in [6.45, 7) is 5.52. The summed E-state index contributed by atoms with van der Waals surface area (Å²) in [6.07, 6.45) is 2.59. The van der Waals surface area contributed by atoms with E-state index in [-0.39, 0.29) is 18.2 Å². The summed E-state index contributed by atoms with van der Waals surface area (Å²) >= 11 is 5.82. The summed E-state index contributed by atoms with van der Waals surface area (Å²) < 4.78 is 16.4. The second-order valence-electron chi connectivity index (χ2n) is 8.30. The number of nitrogens with zero attached hydrogens (tertiary/aromatic N) is 1. The molecule has 0 unspecified atom stereocenters. The van der Waals surface area contributed by atoms with E-state index in [2.05, 4.69) is 0 Å². The van der Waals surface area contributed by atoms with Crippen molar-refractivity contribution in [1.29, 1.82) is 0 Å². The van der Waals surface area contributed by atoms with Gasteiger partial charge in [-0.2, -0.15) is 0 Å². The molecule has 1 saturated heterocycles. The predicted molar refractivity (Wildman–Crippen MR) is 113 cm³/mol. The number of Topliss-reactive ketones (excluding diaryl/α,β-unsaturated/α-hetero) is 1. The number of hydrogen-bond acceptors (Lipinski definition) is 5. The first kappa shape index (κ1) is 23.3. The van der Waals surface area contributed by atoms with Gasteiger partial charge in [0.05, 0.1) is 20.3 Å². The van der Waals surface area contributed by atoms with Crippen molar-refractivity contribution in [3.05, 3.63) is 23.8 Å². The van der Waals surface area contributed by atoms with Crippen LogP contribution < -0.4 is 9.47 Å². The molecule has 2 atom stereocenters. The highest BCUT2D eigenvalue weighted by Crippen LogP contribution is 2.39. The van der Waals surface area contributed by atoms with E-state index in [9.17, 15) is 9.59 Å². The van der Waals surface area contributed by atoms with E-state index >= 15 is 0 Å². The Labute approximate surface area is 178 Å². The van der Waals surface area contributed by atoms with E-state index < -0.39 is 17.7 Å². The largest absolute Gasteiger partial charge is 0.493 e. The van der Waals surface area contributed by atoms with E-state index in [1.54, 1.807) is 25.2 Å². The second kappa shape index (κ2) is 10.2. The summed E-state index contributed by atoms with van der Waals surface area (Å²) in [6, 6.07) is 4.87.